The van der Waals surface area contributed by atoms with Gasteiger partial charge in [-0.05, 0) is 36.4 Å². The number of likely N-dealkylation sites (tertiary alicyclic amines) is 2. The SMILES string of the molecule is CC12CN(C(=O)c3ccc4c(c3)OC(F)(F)O4)CC(C)(CN(C(=O)c3ccc4c(c3)OC(F)(F)O4)C1)C1OC12. The molecule has 5 aliphatic rings. The third-order valence-corrected chi connectivity index (χ3v) is 7.94. The molecule has 5 aliphatic heterocycles. The average Bonchev–Trinajstić information content (AvgIpc) is 3.55. The third-order valence-electron chi connectivity index (χ3n) is 7.94. The van der Waals surface area contributed by atoms with E-state index in [2.05, 4.69) is 18.9 Å². The van der Waals surface area contributed by atoms with Gasteiger partial charge in [-0.3, -0.25) is 9.59 Å². The summed E-state index contributed by atoms with van der Waals surface area (Å²) in [4.78, 5) is 30.5. The number of hydrogen-bond donors (Lipinski definition) is 0. The highest BCUT2D eigenvalue weighted by molar-refractivity contribution is 5.96. The van der Waals surface area contributed by atoms with Gasteiger partial charge in [-0.2, -0.15) is 0 Å². The number of carbonyl (C=O) groups is 2. The lowest BCUT2D eigenvalue weighted by molar-refractivity contribution is -0.287. The van der Waals surface area contributed by atoms with E-state index in [0.717, 1.165) is 0 Å². The Hall–Kier alpha value is -3.74. The van der Waals surface area contributed by atoms with Gasteiger partial charge in [0.05, 0.1) is 12.2 Å². The van der Waals surface area contributed by atoms with Gasteiger partial charge in [0.25, 0.3) is 11.8 Å². The van der Waals surface area contributed by atoms with Crippen LogP contribution < -0.4 is 18.9 Å². The molecule has 7 rings (SSSR count). The quantitative estimate of drug-likeness (QED) is 0.416. The topological polar surface area (TPSA) is 90.1 Å². The Bertz CT molecular complexity index is 1320. The molecule has 2 amide bonds. The molecule has 2 bridgehead atoms. The van der Waals surface area contributed by atoms with E-state index in [9.17, 15) is 27.2 Å². The average molecular weight is 550 g/mol. The molecule has 3 fully saturated rings. The number of ether oxygens (including phenoxy) is 5. The summed E-state index contributed by atoms with van der Waals surface area (Å²) in [6.45, 7) is 4.81. The molecule has 39 heavy (non-hydrogen) atoms. The first kappa shape index (κ1) is 24.3. The largest absolute Gasteiger partial charge is 0.586 e. The van der Waals surface area contributed by atoms with E-state index < -0.39 is 23.4 Å². The van der Waals surface area contributed by atoms with E-state index >= 15 is 0 Å². The summed E-state index contributed by atoms with van der Waals surface area (Å²) in [6.07, 6.45) is -8.00. The van der Waals surface area contributed by atoms with Gasteiger partial charge < -0.3 is 33.5 Å². The molecule has 0 aliphatic carbocycles. The second-order valence-electron chi connectivity index (χ2n) is 11.3. The van der Waals surface area contributed by atoms with Crippen LogP contribution in [-0.2, 0) is 4.74 Å². The van der Waals surface area contributed by atoms with Crippen LogP contribution in [0.2, 0.25) is 0 Å². The van der Waals surface area contributed by atoms with Crippen LogP contribution in [0.1, 0.15) is 34.6 Å². The second kappa shape index (κ2) is 7.46. The van der Waals surface area contributed by atoms with Gasteiger partial charge in [-0.1, -0.05) is 13.8 Å². The van der Waals surface area contributed by atoms with Gasteiger partial charge in [-0.15, -0.1) is 17.6 Å². The van der Waals surface area contributed by atoms with Crippen molar-refractivity contribution in [2.75, 3.05) is 26.2 Å². The molecule has 2 atom stereocenters. The molecular weight excluding hydrogens is 528 g/mol. The lowest BCUT2D eigenvalue weighted by atomic mass is 9.81. The summed E-state index contributed by atoms with van der Waals surface area (Å²) in [6, 6.07) is 7.84. The molecule has 206 valence electrons. The zero-order valence-electron chi connectivity index (χ0n) is 20.7. The Labute approximate surface area is 219 Å². The highest BCUT2D eigenvalue weighted by Gasteiger charge is 2.66. The number of alkyl halides is 4. The highest BCUT2D eigenvalue weighted by Crippen LogP contribution is 2.54. The van der Waals surface area contributed by atoms with Crippen molar-refractivity contribution >= 4 is 11.8 Å². The Balaban J connectivity index is 1.15. The van der Waals surface area contributed by atoms with Gasteiger partial charge in [0.1, 0.15) is 0 Å². The van der Waals surface area contributed by atoms with Crippen molar-refractivity contribution in [1.82, 2.24) is 9.80 Å². The molecule has 0 N–H and O–H groups in total. The minimum atomic E-state index is -3.79. The number of epoxide rings is 1. The predicted octanol–water partition coefficient (Wildman–Crippen LogP) is 3.72. The van der Waals surface area contributed by atoms with Crippen LogP contribution in [0.25, 0.3) is 0 Å². The zero-order valence-corrected chi connectivity index (χ0v) is 20.7. The summed E-state index contributed by atoms with van der Waals surface area (Å²) < 4.78 is 77.8. The summed E-state index contributed by atoms with van der Waals surface area (Å²) >= 11 is 0. The number of fused-ring (bicyclic) bond motifs is 2. The first-order valence-corrected chi connectivity index (χ1v) is 12.3. The van der Waals surface area contributed by atoms with E-state index in [-0.39, 0.29) is 84.3 Å². The monoisotopic (exact) mass is 550 g/mol. The van der Waals surface area contributed by atoms with Gasteiger partial charge in [0.15, 0.2) is 23.0 Å². The summed E-state index contributed by atoms with van der Waals surface area (Å²) in [5, 5.41) is 0. The van der Waals surface area contributed by atoms with Gasteiger partial charge in [0, 0.05) is 48.1 Å². The number of rotatable bonds is 2. The van der Waals surface area contributed by atoms with E-state index in [1.165, 1.54) is 36.4 Å². The number of nitrogens with zero attached hydrogens (tertiary/aromatic N) is 2. The molecule has 2 aromatic carbocycles. The number of carbonyl (C=O) groups excluding carboxylic acids is 2. The highest BCUT2D eigenvalue weighted by atomic mass is 19.3. The van der Waals surface area contributed by atoms with E-state index in [4.69, 9.17) is 4.74 Å². The van der Waals surface area contributed by atoms with Crippen molar-refractivity contribution < 1.29 is 50.8 Å². The maximum atomic E-state index is 13.6. The fourth-order valence-electron chi connectivity index (χ4n) is 6.30. The Kier molecular flexibility index (Phi) is 4.65. The molecule has 3 saturated heterocycles. The van der Waals surface area contributed by atoms with Crippen molar-refractivity contribution in [1.29, 1.82) is 0 Å². The molecule has 9 nitrogen and oxygen atoms in total. The van der Waals surface area contributed by atoms with Crippen LogP contribution in [0.5, 0.6) is 23.0 Å². The van der Waals surface area contributed by atoms with Gasteiger partial charge in [0.2, 0.25) is 0 Å². The number of halogens is 4. The van der Waals surface area contributed by atoms with Gasteiger partial charge >= 0.3 is 12.6 Å². The van der Waals surface area contributed by atoms with Crippen LogP contribution in [-0.4, -0.2) is 72.6 Å². The van der Waals surface area contributed by atoms with Crippen LogP contribution in [0.4, 0.5) is 17.6 Å². The molecule has 2 aromatic rings. The lowest BCUT2D eigenvalue weighted by Gasteiger charge is -2.44. The van der Waals surface area contributed by atoms with Gasteiger partial charge in [-0.25, -0.2) is 0 Å². The van der Waals surface area contributed by atoms with Crippen LogP contribution >= 0.6 is 0 Å². The summed E-state index contributed by atoms with van der Waals surface area (Å²) in [7, 11) is 0. The van der Waals surface area contributed by atoms with Crippen LogP contribution in [0.15, 0.2) is 36.4 Å². The molecule has 0 radical (unpaired) electrons. The lowest BCUT2D eigenvalue weighted by Crippen LogP contribution is -2.55. The second-order valence-corrected chi connectivity index (χ2v) is 11.3. The van der Waals surface area contributed by atoms with Crippen molar-refractivity contribution in [3.63, 3.8) is 0 Å². The fraction of sp³-hybridized carbons (Fsp3) is 0.462. The van der Waals surface area contributed by atoms with Crippen LogP contribution in [0, 0.1) is 10.8 Å². The third kappa shape index (κ3) is 3.85. The molecule has 0 aromatic heterocycles. The molecule has 0 saturated carbocycles. The minimum Gasteiger partial charge on any atom is -0.395 e. The standard InChI is InChI=1S/C26H22F4N2O7/c1-23-9-31(21(33)13-3-5-15-17(7-13)38-25(27,28)36-15)11-24(2,20-19(23)35-20)12-32(10-23)22(34)14-4-6-16-18(8-14)39-26(29,30)37-16/h3-8,19-20H,9-12H2,1-2H3. The fourth-order valence-corrected chi connectivity index (χ4v) is 6.30. The molecule has 5 heterocycles. The molecule has 0 spiro atoms. The van der Waals surface area contributed by atoms with E-state index in [1.807, 2.05) is 13.8 Å². The van der Waals surface area contributed by atoms with Crippen molar-refractivity contribution in [2.45, 2.75) is 38.6 Å². The first-order chi connectivity index (χ1) is 18.2. The van der Waals surface area contributed by atoms with Crippen molar-refractivity contribution in [2.24, 2.45) is 10.8 Å². The molecular formula is C26H22F4N2O7. The van der Waals surface area contributed by atoms with Crippen molar-refractivity contribution in [3.05, 3.63) is 47.5 Å². The number of benzene rings is 2. The first-order valence-electron chi connectivity index (χ1n) is 12.3. The molecule has 2 unspecified atom stereocenters. The van der Waals surface area contributed by atoms with Crippen molar-refractivity contribution in [3.8, 4) is 23.0 Å². The Morgan fingerprint density at radius 1 is 0.667 bits per heavy atom. The predicted molar refractivity (Wildman–Crippen MR) is 122 cm³/mol. The minimum absolute atomic E-state index is 0.153. The summed E-state index contributed by atoms with van der Waals surface area (Å²) in [5.74, 6) is -1.48. The summed E-state index contributed by atoms with van der Waals surface area (Å²) in [5.41, 5.74) is -0.975. The number of amides is 2. The number of hydrogen-bond acceptors (Lipinski definition) is 7. The smallest absolute Gasteiger partial charge is 0.395 e. The Morgan fingerprint density at radius 3 is 1.41 bits per heavy atom. The maximum Gasteiger partial charge on any atom is 0.586 e. The molecule has 13 heteroatoms. The van der Waals surface area contributed by atoms with Crippen LogP contribution in [0.3, 0.4) is 0 Å². The maximum absolute atomic E-state index is 13.6. The van der Waals surface area contributed by atoms with E-state index in [1.54, 1.807) is 9.80 Å². The zero-order chi connectivity index (χ0) is 27.5. The normalized spacial score (nSPS) is 32.4. The Morgan fingerprint density at radius 2 is 1.03 bits per heavy atom. The van der Waals surface area contributed by atoms with E-state index in [0.29, 0.717) is 0 Å².